The lowest BCUT2D eigenvalue weighted by Crippen LogP contribution is -2.50. The fraction of sp³-hybridized carbons (Fsp3) is 0.391. The standard InChI is InChI=1S/C23H29FN2O3/c1-4-20(23(28)25-14-17(2)3)26(15-18-10-6-5-7-11-18)22(27)16-29-21-13-9-8-12-19(21)24/h5-13,17,20H,4,14-16H2,1-3H3,(H,25,28)/t20-/m1/s1. The second-order valence-electron chi connectivity index (χ2n) is 7.29. The number of carbonyl (C=O) groups excluding carboxylic acids is 2. The summed E-state index contributed by atoms with van der Waals surface area (Å²) < 4.78 is 19.2. The number of nitrogens with one attached hydrogen (secondary N) is 1. The molecule has 156 valence electrons. The minimum absolute atomic E-state index is 0.0119. The van der Waals surface area contributed by atoms with Crippen LogP contribution in [0.15, 0.2) is 54.6 Å². The first-order chi connectivity index (χ1) is 13.9. The first-order valence-electron chi connectivity index (χ1n) is 9.90. The Morgan fingerprint density at radius 1 is 1.07 bits per heavy atom. The maximum atomic E-state index is 13.8. The zero-order chi connectivity index (χ0) is 21.2. The van der Waals surface area contributed by atoms with Crippen LogP contribution in [0.25, 0.3) is 0 Å². The highest BCUT2D eigenvalue weighted by Crippen LogP contribution is 2.17. The minimum Gasteiger partial charge on any atom is -0.481 e. The number of benzene rings is 2. The predicted molar refractivity (Wildman–Crippen MR) is 111 cm³/mol. The molecule has 2 aromatic carbocycles. The van der Waals surface area contributed by atoms with E-state index in [1.54, 1.807) is 12.1 Å². The van der Waals surface area contributed by atoms with Gasteiger partial charge in [-0.2, -0.15) is 0 Å². The van der Waals surface area contributed by atoms with Crippen LogP contribution >= 0.6 is 0 Å². The molecule has 0 aliphatic rings. The average molecular weight is 400 g/mol. The number of carbonyl (C=O) groups is 2. The van der Waals surface area contributed by atoms with Gasteiger partial charge in [-0.25, -0.2) is 4.39 Å². The van der Waals surface area contributed by atoms with Gasteiger partial charge in [-0.15, -0.1) is 0 Å². The summed E-state index contributed by atoms with van der Waals surface area (Å²) in [5.74, 6) is -0.784. The first kappa shape index (κ1) is 22.4. The predicted octanol–water partition coefficient (Wildman–Crippen LogP) is 3.78. The third-order valence-electron chi connectivity index (χ3n) is 4.45. The Hall–Kier alpha value is -2.89. The van der Waals surface area contributed by atoms with Crippen molar-refractivity contribution >= 4 is 11.8 Å². The second kappa shape index (κ2) is 11.2. The molecule has 0 aromatic heterocycles. The number of rotatable bonds is 10. The van der Waals surface area contributed by atoms with E-state index in [2.05, 4.69) is 5.32 Å². The summed E-state index contributed by atoms with van der Waals surface area (Å²) >= 11 is 0. The van der Waals surface area contributed by atoms with E-state index in [0.29, 0.717) is 18.9 Å². The first-order valence-corrected chi connectivity index (χ1v) is 9.90. The molecule has 0 aliphatic heterocycles. The number of hydrogen-bond donors (Lipinski definition) is 1. The van der Waals surface area contributed by atoms with E-state index in [9.17, 15) is 14.0 Å². The van der Waals surface area contributed by atoms with Crippen LogP contribution in [0.4, 0.5) is 4.39 Å². The summed E-state index contributed by atoms with van der Waals surface area (Å²) in [6.45, 7) is 6.35. The van der Waals surface area contributed by atoms with Gasteiger partial charge in [0.05, 0.1) is 0 Å². The van der Waals surface area contributed by atoms with Crippen molar-refractivity contribution in [3.63, 3.8) is 0 Å². The zero-order valence-corrected chi connectivity index (χ0v) is 17.2. The van der Waals surface area contributed by atoms with E-state index in [1.165, 1.54) is 17.0 Å². The van der Waals surface area contributed by atoms with Crippen molar-refractivity contribution in [2.24, 2.45) is 5.92 Å². The van der Waals surface area contributed by atoms with Crippen molar-refractivity contribution in [3.8, 4) is 5.75 Å². The monoisotopic (exact) mass is 400 g/mol. The number of nitrogens with zero attached hydrogens (tertiary/aromatic N) is 1. The highest BCUT2D eigenvalue weighted by atomic mass is 19.1. The van der Waals surface area contributed by atoms with E-state index in [1.807, 2.05) is 51.1 Å². The summed E-state index contributed by atoms with van der Waals surface area (Å²) in [6, 6.07) is 14.8. The Morgan fingerprint density at radius 2 is 1.72 bits per heavy atom. The Bertz CT molecular complexity index is 796. The Morgan fingerprint density at radius 3 is 2.34 bits per heavy atom. The number of para-hydroxylation sites is 1. The van der Waals surface area contributed by atoms with Crippen molar-refractivity contribution in [2.45, 2.75) is 39.8 Å². The SMILES string of the molecule is CC[C@H](C(=O)NCC(C)C)N(Cc1ccccc1)C(=O)COc1ccccc1F. The van der Waals surface area contributed by atoms with Gasteiger partial charge in [-0.3, -0.25) is 9.59 Å². The lowest BCUT2D eigenvalue weighted by molar-refractivity contribution is -0.143. The van der Waals surface area contributed by atoms with Crippen LogP contribution in [0.2, 0.25) is 0 Å². The molecule has 0 fully saturated rings. The summed E-state index contributed by atoms with van der Waals surface area (Å²) in [7, 11) is 0. The fourth-order valence-electron chi connectivity index (χ4n) is 2.91. The summed E-state index contributed by atoms with van der Waals surface area (Å²) in [6.07, 6.45) is 0.461. The van der Waals surface area contributed by atoms with Crippen molar-refractivity contribution in [1.29, 1.82) is 0 Å². The molecule has 0 heterocycles. The van der Waals surface area contributed by atoms with E-state index in [-0.39, 0.29) is 30.7 Å². The van der Waals surface area contributed by atoms with Crippen LogP contribution in [0, 0.1) is 11.7 Å². The van der Waals surface area contributed by atoms with Crippen LogP contribution in [-0.4, -0.2) is 35.9 Å². The normalized spacial score (nSPS) is 11.8. The third-order valence-corrected chi connectivity index (χ3v) is 4.45. The Labute approximate surface area is 171 Å². The van der Waals surface area contributed by atoms with Gasteiger partial charge in [0.2, 0.25) is 5.91 Å². The summed E-state index contributed by atoms with van der Waals surface area (Å²) in [5, 5.41) is 2.90. The lowest BCUT2D eigenvalue weighted by atomic mass is 10.1. The van der Waals surface area contributed by atoms with Crippen LogP contribution in [0.5, 0.6) is 5.75 Å². The number of ether oxygens (including phenoxy) is 1. The summed E-state index contributed by atoms with van der Waals surface area (Å²) in [4.78, 5) is 27.2. The molecule has 1 atom stereocenters. The molecule has 0 bridgehead atoms. The smallest absolute Gasteiger partial charge is 0.261 e. The van der Waals surface area contributed by atoms with Crippen molar-refractivity contribution < 1.29 is 18.7 Å². The molecule has 5 nitrogen and oxygen atoms in total. The lowest BCUT2D eigenvalue weighted by Gasteiger charge is -2.30. The molecule has 0 unspecified atom stereocenters. The largest absolute Gasteiger partial charge is 0.481 e. The van der Waals surface area contributed by atoms with Crippen LogP contribution in [0.1, 0.15) is 32.8 Å². The van der Waals surface area contributed by atoms with Gasteiger partial charge in [0, 0.05) is 13.1 Å². The highest BCUT2D eigenvalue weighted by molar-refractivity contribution is 5.88. The molecule has 0 radical (unpaired) electrons. The van der Waals surface area contributed by atoms with E-state index < -0.39 is 11.9 Å². The van der Waals surface area contributed by atoms with E-state index in [0.717, 1.165) is 5.56 Å². The van der Waals surface area contributed by atoms with Crippen LogP contribution in [0.3, 0.4) is 0 Å². The molecule has 1 N–H and O–H groups in total. The van der Waals surface area contributed by atoms with Crippen LogP contribution in [-0.2, 0) is 16.1 Å². The summed E-state index contributed by atoms with van der Waals surface area (Å²) in [5.41, 5.74) is 0.904. The van der Waals surface area contributed by atoms with E-state index >= 15 is 0 Å². The topological polar surface area (TPSA) is 58.6 Å². The Balaban J connectivity index is 2.17. The van der Waals surface area contributed by atoms with Gasteiger partial charge in [0.25, 0.3) is 5.91 Å². The molecule has 0 aliphatic carbocycles. The molecular formula is C23H29FN2O3. The molecule has 2 aromatic rings. The minimum atomic E-state index is -0.634. The highest BCUT2D eigenvalue weighted by Gasteiger charge is 2.29. The van der Waals surface area contributed by atoms with Crippen LogP contribution < -0.4 is 10.1 Å². The average Bonchev–Trinajstić information content (AvgIpc) is 2.72. The molecule has 6 heteroatoms. The number of hydrogen-bond acceptors (Lipinski definition) is 3. The molecule has 29 heavy (non-hydrogen) atoms. The van der Waals surface area contributed by atoms with Gasteiger partial charge in [-0.1, -0.05) is 63.2 Å². The van der Waals surface area contributed by atoms with Crippen molar-refractivity contribution in [3.05, 3.63) is 66.0 Å². The van der Waals surface area contributed by atoms with Gasteiger partial charge in [0.1, 0.15) is 6.04 Å². The molecule has 2 amide bonds. The van der Waals surface area contributed by atoms with Gasteiger partial charge >= 0.3 is 0 Å². The number of halogens is 1. The maximum absolute atomic E-state index is 13.8. The zero-order valence-electron chi connectivity index (χ0n) is 17.2. The van der Waals surface area contributed by atoms with Crippen molar-refractivity contribution in [1.82, 2.24) is 10.2 Å². The molecule has 0 spiro atoms. The quantitative estimate of drug-likeness (QED) is 0.660. The molecule has 2 rings (SSSR count). The third kappa shape index (κ3) is 6.89. The second-order valence-corrected chi connectivity index (χ2v) is 7.29. The molecule has 0 saturated carbocycles. The van der Waals surface area contributed by atoms with Gasteiger partial charge in [0.15, 0.2) is 18.2 Å². The van der Waals surface area contributed by atoms with E-state index in [4.69, 9.17) is 4.74 Å². The number of amides is 2. The Kier molecular flexibility index (Phi) is 8.65. The van der Waals surface area contributed by atoms with Gasteiger partial charge in [-0.05, 0) is 30.0 Å². The fourth-order valence-corrected chi connectivity index (χ4v) is 2.91. The molecular weight excluding hydrogens is 371 g/mol. The molecule has 0 saturated heterocycles. The van der Waals surface area contributed by atoms with Gasteiger partial charge < -0.3 is 15.0 Å². The maximum Gasteiger partial charge on any atom is 0.261 e. The van der Waals surface area contributed by atoms with Crippen molar-refractivity contribution in [2.75, 3.05) is 13.2 Å².